The second-order valence-electron chi connectivity index (χ2n) is 6.68. The molecule has 3 aromatic rings. The number of carbonyl (C=O) groups excluding carboxylic acids is 1. The summed E-state index contributed by atoms with van der Waals surface area (Å²) in [6.45, 7) is 0.727. The number of ether oxygens (including phenoxy) is 1. The molecule has 1 aliphatic rings. The van der Waals surface area contributed by atoms with E-state index in [1.165, 1.54) is 17.3 Å². The molecule has 0 atom stereocenters. The molecular formula is C21H22N6O2S. The van der Waals surface area contributed by atoms with Crippen molar-refractivity contribution in [3.05, 3.63) is 59.9 Å². The molecule has 1 aromatic heterocycles. The Morgan fingerprint density at radius 3 is 2.83 bits per heavy atom. The van der Waals surface area contributed by atoms with Crippen LogP contribution in [0.5, 0.6) is 5.75 Å². The van der Waals surface area contributed by atoms with Gasteiger partial charge < -0.3 is 20.7 Å². The fourth-order valence-electron chi connectivity index (χ4n) is 3.33. The molecule has 3 N–H and O–H groups in total. The summed E-state index contributed by atoms with van der Waals surface area (Å²) in [5, 5.41) is 3.11. The lowest BCUT2D eigenvalue weighted by atomic mass is 10.2. The van der Waals surface area contributed by atoms with E-state index in [0.717, 1.165) is 24.3 Å². The smallest absolute Gasteiger partial charge is 0.237 e. The molecule has 30 heavy (non-hydrogen) atoms. The molecule has 0 spiro atoms. The number of nitrogen functional groups attached to an aromatic ring is 1. The lowest BCUT2D eigenvalue weighted by Gasteiger charge is -2.17. The van der Waals surface area contributed by atoms with Crippen molar-refractivity contribution in [1.29, 1.82) is 0 Å². The average Bonchev–Trinajstić information content (AvgIpc) is 3.18. The summed E-state index contributed by atoms with van der Waals surface area (Å²) < 4.78 is 5.33. The molecular weight excluding hydrogens is 400 g/mol. The molecule has 9 heteroatoms. The van der Waals surface area contributed by atoms with Crippen LogP contribution >= 0.6 is 11.8 Å². The third kappa shape index (κ3) is 4.46. The summed E-state index contributed by atoms with van der Waals surface area (Å²) in [7, 11) is 1.60. The molecule has 1 aliphatic heterocycles. The predicted octanol–water partition coefficient (Wildman–Crippen LogP) is 3.03. The number of nitrogens with two attached hydrogens (primary N) is 1. The Balaban J connectivity index is 1.38. The van der Waals surface area contributed by atoms with Crippen LogP contribution in [0.1, 0.15) is 11.4 Å². The van der Waals surface area contributed by atoms with E-state index < -0.39 is 0 Å². The van der Waals surface area contributed by atoms with Gasteiger partial charge in [0.25, 0.3) is 0 Å². The summed E-state index contributed by atoms with van der Waals surface area (Å²) in [5.74, 6) is 2.52. The van der Waals surface area contributed by atoms with Crippen LogP contribution in [0.3, 0.4) is 0 Å². The molecule has 4 rings (SSSR count). The van der Waals surface area contributed by atoms with Gasteiger partial charge in [0.15, 0.2) is 0 Å². The van der Waals surface area contributed by atoms with Crippen LogP contribution in [-0.4, -0.2) is 40.3 Å². The van der Waals surface area contributed by atoms with Crippen LogP contribution in [0.4, 0.5) is 23.3 Å². The van der Waals surface area contributed by atoms with E-state index >= 15 is 0 Å². The largest absolute Gasteiger partial charge is 0.495 e. The maximum absolute atomic E-state index is 12.6. The molecule has 1 amide bonds. The van der Waals surface area contributed by atoms with Crippen molar-refractivity contribution in [1.82, 2.24) is 15.0 Å². The monoisotopic (exact) mass is 422 g/mol. The SMILES string of the molecule is COc1ccccc1Nc1nc(N)nc(CSCC(=O)N2CCc3ccccc32)n1. The molecule has 0 bridgehead atoms. The molecule has 8 nitrogen and oxygen atoms in total. The standard InChI is InChI=1S/C21H22N6O2S/c1-29-17-9-5-3-7-15(17)23-21-25-18(24-20(22)26-21)12-30-13-19(28)27-11-10-14-6-2-4-8-16(14)27/h2-9H,10-13H2,1H3,(H3,22,23,24,25,26). The Morgan fingerprint density at radius 2 is 1.97 bits per heavy atom. The summed E-state index contributed by atoms with van der Waals surface area (Å²) in [4.78, 5) is 27.2. The summed E-state index contributed by atoms with van der Waals surface area (Å²) >= 11 is 1.46. The highest BCUT2D eigenvalue weighted by Gasteiger charge is 2.23. The number of fused-ring (bicyclic) bond motifs is 1. The van der Waals surface area contributed by atoms with E-state index in [1.807, 2.05) is 47.4 Å². The quantitative estimate of drug-likeness (QED) is 0.598. The number of nitrogens with zero attached hydrogens (tertiary/aromatic N) is 4. The van der Waals surface area contributed by atoms with Crippen LogP contribution in [0.2, 0.25) is 0 Å². The van der Waals surface area contributed by atoms with Crippen molar-refractivity contribution in [2.45, 2.75) is 12.2 Å². The Bertz CT molecular complexity index is 1060. The number of aromatic nitrogens is 3. The Hall–Kier alpha value is -3.33. The number of methoxy groups -OCH3 is 1. The van der Waals surface area contributed by atoms with Gasteiger partial charge in [-0.1, -0.05) is 30.3 Å². The molecule has 0 aliphatic carbocycles. The molecule has 0 saturated heterocycles. The maximum atomic E-state index is 12.6. The number of anilines is 4. The van der Waals surface area contributed by atoms with Crippen molar-refractivity contribution in [3.63, 3.8) is 0 Å². The van der Waals surface area contributed by atoms with Crippen molar-refractivity contribution < 1.29 is 9.53 Å². The summed E-state index contributed by atoms with van der Waals surface area (Å²) in [5.41, 5.74) is 8.80. The van der Waals surface area contributed by atoms with Crippen molar-refractivity contribution >= 4 is 40.9 Å². The highest BCUT2D eigenvalue weighted by Crippen LogP contribution is 2.28. The number of para-hydroxylation sites is 3. The minimum absolute atomic E-state index is 0.0827. The van der Waals surface area contributed by atoms with E-state index in [9.17, 15) is 4.79 Å². The first-order chi connectivity index (χ1) is 14.6. The zero-order valence-electron chi connectivity index (χ0n) is 16.5. The van der Waals surface area contributed by atoms with Gasteiger partial charge in [-0.15, -0.1) is 11.8 Å². The normalized spacial score (nSPS) is 12.5. The van der Waals surface area contributed by atoms with Crippen LogP contribution < -0.4 is 20.7 Å². The molecule has 0 radical (unpaired) electrons. The van der Waals surface area contributed by atoms with Gasteiger partial charge in [0.05, 0.1) is 24.3 Å². The number of thioether (sulfide) groups is 1. The number of hydrogen-bond acceptors (Lipinski definition) is 8. The third-order valence-corrected chi connectivity index (χ3v) is 5.61. The highest BCUT2D eigenvalue weighted by atomic mass is 32.2. The van der Waals surface area contributed by atoms with E-state index in [1.54, 1.807) is 7.11 Å². The first kappa shape index (κ1) is 20.0. The molecule has 154 valence electrons. The zero-order valence-corrected chi connectivity index (χ0v) is 17.4. The van der Waals surface area contributed by atoms with Gasteiger partial charge in [-0.2, -0.15) is 15.0 Å². The second kappa shape index (κ2) is 9.00. The Labute approximate surface area is 178 Å². The first-order valence-electron chi connectivity index (χ1n) is 9.50. The lowest BCUT2D eigenvalue weighted by Crippen LogP contribution is -2.30. The van der Waals surface area contributed by atoms with Crippen LogP contribution in [0, 0.1) is 0 Å². The van der Waals surface area contributed by atoms with Gasteiger partial charge in [0.2, 0.25) is 17.8 Å². The van der Waals surface area contributed by atoms with Gasteiger partial charge in [-0.25, -0.2) is 0 Å². The molecule has 0 saturated carbocycles. The minimum atomic E-state index is 0.0827. The fourth-order valence-corrected chi connectivity index (χ4v) is 4.08. The molecule has 0 unspecified atom stereocenters. The van der Waals surface area contributed by atoms with Gasteiger partial charge in [0.1, 0.15) is 11.6 Å². The van der Waals surface area contributed by atoms with E-state index in [4.69, 9.17) is 10.5 Å². The van der Waals surface area contributed by atoms with E-state index in [-0.39, 0.29) is 11.9 Å². The van der Waals surface area contributed by atoms with Crippen LogP contribution in [0.15, 0.2) is 48.5 Å². The maximum Gasteiger partial charge on any atom is 0.237 e. The Morgan fingerprint density at radius 1 is 1.17 bits per heavy atom. The van der Waals surface area contributed by atoms with Crippen molar-refractivity contribution in [3.8, 4) is 5.75 Å². The Kier molecular flexibility index (Phi) is 5.99. The molecule has 2 aromatic carbocycles. The van der Waals surface area contributed by atoms with E-state index in [2.05, 4.69) is 26.3 Å². The fraction of sp³-hybridized carbons (Fsp3) is 0.238. The topological polar surface area (TPSA) is 106 Å². The van der Waals surface area contributed by atoms with Gasteiger partial charge in [0, 0.05) is 12.2 Å². The lowest BCUT2D eigenvalue weighted by molar-refractivity contribution is -0.116. The average molecular weight is 423 g/mol. The second-order valence-corrected chi connectivity index (χ2v) is 7.66. The number of rotatable bonds is 7. The number of hydrogen-bond donors (Lipinski definition) is 2. The summed E-state index contributed by atoms with van der Waals surface area (Å²) in [6, 6.07) is 15.5. The minimum Gasteiger partial charge on any atom is -0.495 e. The number of amides is 1. The van der Waals surface area contributed by atoms with E-state index in [0.29, 0.717) is 29.0 Å². The molecule has 2 heterocycles. The third-order valence-electron chi connectivity index (χ3n) is 4.70. The van der Waals surface area contributed by atoms with Crippen molar-refractivity contribution in [2.24, 2.45) is 0 Å². The molecule has 0 fully saturated rings. The van der Waals surface area contributed by atoms with Gasteiger partial charge >= 0.3 is 0 Å². The number of nitrogens with one attached hydrogen (secondary N) is 1. The van der Waals surface area contributed by atoms with Gasteiger partial charge in [-0.05, 0) is 30.2 Å². The van der Waals surface area contributed by atoms with Crippen molar-refractivity contribution in [2.75, 3.05) is 35.4 Å². The van der Waals surface area contributed by atoms with Gasteiger partial charge in [-0.3, -0.25) is 4.79 Å². The van der Waals surface area contributed by atoms with Crippen LogP contribution in [0.25, 0.3) is 0 Å². The predicted molar refractivity (Wildman–Crippen MR) is 119 cm³/mol. The zero-order chi connectivity index (χ0) is 20.9. The number of carbonyl (C=O) groups is 1. The number of benzene rings is 2. The summed E-state index contributed by atoms with van der Waals surface area (Å²) in [6.07, 6.45) is 0.897. The highest BCUT2D eigenvalue weighted by molar-refractivity contribution is 7.99. The van der Waals surface area contributed by atoms with Crippen LogP contribution in [-0.2, 0) is 17.0 Å². The first-order valence-corrected chi connectivity index (χ1v) is 10.7.